The maximum absolute atomic E-state index is 13.7. The van der Waals surface area contributed by atoms with Crippen molar-refractivity contribution in [2.45, 2.75) is 50.2 Å². The van der Waals surface area contributed by atoms with E-state index in [2.05, 4.69) is 38.8 Å². The lowest BCUT2D eigenvalue weighted by Crippen LogP contribution is -2.41. The highest BCUT2D eigenvalue weighted by Crippen LogP contribution is 2.40. The third-order valence-electron chi connectivity index (χ3n) is 7.22. The standard InChI is InChI=1S/C27H28F3N5S/c28-27(29,30)22-16-23(35-15-12-19-8-4-5-9-20(19)17-35)33-24(32-22)34-25(36)31-18-26(13-6-7-14-26)21-10-2-1-3-11-21/h1-5,8-11,16H,6-7,12-15,17-18H2,(H2,31,32,33,34,36). The van der Waals surface area contributed by atoms with Crippen LogP contribution in [-0.2, 0) is 24.6 Å². The first kappa shape index (κ1) is 24.5. The molecule has 1 aromatic heterocycles. The molecule has 3 aromatic rings. The Balaban J connectivity index is 1.33. The average molecular weight is 512 g/mol. The first-order chi connectivity index (χ1) is 17.3. The second kappa shape index (κ2) is 10.0. The molecule has 1 fully saturated rings. The molecule has 0 unspecified atom stereocenters. The average Bonchev–Trinajstić information content (AvgIpc) is 3.37. The monoisotopic (exact) mass is 511 g/mol. The summed E-state index contributed by atoms with van der Waals surface area (Å²) in [6, 6.07) is 19.3. The minimum absolute atomic E-state index is 0.0476. The first-order valence-electron chi connectivity index (χ1n) is 12.2. The molecular weight excluding hydrogens is 483 g/mol. The minimum atomic E-state index is -4.60. The molecule has 5 rings (SSSR count). The molecule has 2 aliphatic rings. The number of alkyl halides is 3. The predicted molar refractivity (Wildman–Crippen MR) is 139 cm³/mol. The molecule has 2 N–H and O–H groups in total. The molecule has 2 heterocycles. The van der Waals surface area contributed by atoms with Gasteiger partial charge in [0.25, 0.3) is 0 Å². The van der Waals surface area contributed by atoms with Crippen LogP contribution in [0.25, 0.3) is 0 Å². The van der Waals surface area contributed by atoms with Crippen LogP contribution >= 0.6 is 12.2 Å². The SMILES string of the molecule is FC(F)(F)c1cc(N2CCc3ccccc3C2)nc(NC(=S)NCC2(c3ccccc3)CCCC2)n1. The van der Waals surface area contributed by atoms with E-state index in [1.54, 1.807) is 0 Å². The van der Waals surface area contributed by atoms with Crippen molar-refractivity contribution in [1.82, 2.24) is 15.3 Å². The van der Waals surface area contributed by atoms with E-state index in [1.807, 2.05) is 41.3 Å². The molecule has 1 aliphatic carbocycles. The largest absolute Gasteiger partial charge is 0.433 e. The van der Waals surface area contributed by atoms with Crippen molar-refractivity contribution >= 4 is 29.1 Å². The zero-order valence-electron chi connectivity index (χ0n) is 19.8. The molecule has 1 aliphatic heterocycles. The van der Waals surface area contributed by atoms with Crippen LogP contribution in [-0.4, -0.2) is 28.2 Å². The Morgan fingerprint density at radius 2 is 1.67 bits per heavy atom. The van der Waals surface area contributed by atoms with Gasteiger partial charge in [-0.25, -0.2) is 4.98 Å². The summed E-state index contributed by atoms with van der Waals surface area (Å²) >= 11 is 5.46. The molecule has 2 aromatic carbocycles. The van der Waals surface area contributed by atoms with E-state index < -0.39 is 11.9 Å². The normalized spacial score (nSPS) is 16.9. The van der Waals surface area contributed by atoms with Crippen molar-refractivity contribution in [3.63, 3.8) is 0 Å². The van der Waals surface area contributed by atoms with Gasteiger partial charge in [0.15, 0.2) is 10.8 Å². The molecule has 5 nitrogen and oxygen atoms in total. The molecule has 9 heteroatoms. The fraction of sp³-hybridized carbons (Fsp3) is 0.370. The topological polar surface area (TPSA) is 53.1 Å². The Hall–Kier alpha value is -3.20. The number of nitrogens with zero attached hydrogens (tertiary/aromatic N) is 3. The number of anilines is 2. The number of hydrogen-bond acceptors (Lipinski definition) is 4. The van der Waals surface area contributed by atoms with Gasteiger partial charge in [0, 0.05) is 31.1 Å². The van der Waals surface area contributed by atoms with Crippen molar-refractivity contribution in [1.29, 1.82) is 0 Å². The van der Waals surface area contributed by atoms with Gasteiger partial charge in [-0.2, -0.15) is 18.2 Å². The summed E-state index contributed by atoms with van der Waals surface area (Å²) in [6.07, 6.45) is 0.482. The molecular formula is C27H28F3N5S. The van der Waals surface area contributed by atoms with Gasteiger partial charge in [-0.1, -0.05) is 67.4 Å². The number of hydrogen-bond donors (Lipinski definition) is 2. The third kappa shape index (κ3) is 5.31. The lowest BCUT2D eigenvalue weighted by Gasteiger charge is -2.31. The van der Waals surface area contributed by atoms with Crippen LogP contribution in [0.3, 0.4) is 0 Å². The lowest BCUT2D eigenvalue weighted by atomic mass is 9.79. The Morgan fingerprint density at radius 3 is 2.39 bits per heavy atom. The summed E-state index contributed by atoms with van der Waals surface area (Å²) in [7, 11) is 0. The Kier molecular flexibility index (Phi) is 6.83. The fourth-order valence-corrected chi connectivity index (χ4v) is 5.46. The van der Waals surface area contributed by atoms with Crippen LogP contribution in [0, 0.1) is 0 Å². The van der Waals surface area contributed by atoms with Crippen molar-refractivity contribution in [2.24, 2.45) is 0 Å². The number of fused-ring (bicyclic) bond motifs is 1. The van der Waals surface area contributed by atoms with Crippen LogP contribution < -0.4 is 15.5 Å². The Labute approximate surface area is 214 Å². The maximum atomic E-state index is 13.7. The molecule has 188 valence electrons. The molecule has 0 radical (unpaired) electrons. The Morgan fingerprint density at radius 1 is 0.972 bits per heavy atom. The third-order valence-corrected chi connectivity index (χ3v) is 7.46. The number of thiocarbonyl (C=S) groups is 1. The minimum Gasteiger partial charge on any atom is -0.361 e. The highest BCUT2D eigenvalue weighted by Gasteiger charge is 2.36. The van der Waals surface area contributed by atoms with Crippen molar-refractivity contribution in [2.75, 3.05) is 23.3 Å². The van der Waals surface area contributed by atoms with Crippen LogP contribution in [0.15, 0.2) is 60.7 Å². The van der Waals surface area contributed by atoms with Crippen molar-refractivity contribution in [3.05, 3.63) is 83.0 Å². The molecule has 0 bridgehead atoms. The van der Waals surface area contributed by atoms with Crippen LogP contribution in [0.2, 0.25) is 0 Å². The van der Waals surface area contributed by atoms with Gasteiger partial charge in [0.1, 0.15) is 5.82 Å². The van der Waals surface area contributed by atoms with E-state index in [4.69, 9.17) is 12.2 Å². The predicted octanol–water partition coefficient (Wildman–Crippen LogP) is 5.86. The van der Waals surface area contributed by atoms with Gasteiger partial charge in [-0.15, -0.1) is 0 Å². The van der Waals surface area contributed by atoms with E-state index in [0.29, 0.717) is 19.6 Å². The van der Waals surface area contributed by atoms with Crippen LogP contribution in [0.4, 0.5) is 24.9 Å². The van der Waals surface area contributed by atoms with Gasteiger partial charge in [-0.05, 0) is 48.2 Å². The molecule has 1 saturated carbocycles. The summed E-state index contributed by atoms with van der Waals surface area (Å²) in [5, 5.41) is 6.26. The summed E-state index contributed by atoms with van der Waals surface area (Å²) in [5.41, 5.74) is 2.51. The second-order valence-corrected chi connectivity index (χ2v) is 9.94. The van der Waals surface area contributed by atoms with Gasteiger partial charge in [0.2, 0.25) is 5.95 Å². The number of rotatable bonds is 5. The zero-order valence-corrected chi connectivity index (χ0v) is 20.6. The van der Waals surface area contributed by atoms with Gasteiger partial charge < -0.3 is 15.5 Å². The summed E-state index contributed by atoms with van der Waals surface area (Å²) in [5.74, 6) is 0.0741. The van der Waals surface area contributed by atoms with Crippen molar-refractivity contribution < 1.29 is 13.2 Å². The lowest BCUT2D eigenvalue weighted by molar-refractivity contribution is -0.141. The molecule has 36 heavy (non-hydrogen) atoms. The summed E-state index contributed by atoms with van der Waals surface area (Å²) < 4.78 is 41.1. The van der Waals surface area contributed by atoms with Crippen LogP contribution in [0.5, 0.6) is 0 Å². The molecule has 0 saturated heterocycles. The molecule has 0 atom stereocenters. The van der Waals surface area contributed by atoms with Gasteiger partial charge >= 0.3 is 6.18 Å². The van der Waals surface area contributed by atoms with E-state index in [-0.39, 0.29) is 22.3 Å². The van der Waals surface area contributed by atoms with E-state index >= 15 is 0 Å². The van der Waals surface area contributed by atoms with Gasteiger partial charge in [0.05, 0.1) is 0 Å². The number of benzene rings is 2. The van der Waals surface area contributed by atoms with E-state index in [1.165, 1.54) is 11.1 Å². The second-order valence-electron chi connectivity index (χ2n) is 9.53. The zero-order chi connectivity index (χ0) is 25.2. The Bertz CT molecular complexity index is 1230. The highest BCUT2D eigenvalue weighted by atomic mass is 32.1. The van der Waals surface area contributed by atoms with E-state index in [9.17, 15) is 13.2 Å². The van der Waals surface area contributed by atoms with Gasteiger partial charge in [-0.3, -0.25) is 0 Å². The maximum Gasteiger partial charge on any atom is 0.433 e. The highest BCUT2D eigenvalue weighted by molar-refractivity contribution is 7.80. The number of halogens is 3. The van der Waals surface area contributed by atoms with E-state index in [0.717, 1.165) is 43.7 Å². The van der Waals surface area contributed by atoms with Crippen LogP contribution in [0.1, 0.15) is 48.1 Å². The first-order valence-corrected chi connectivity index (χ1v) is 12.6. The number of aromatic nitrogens is 2. The smallest absolute Gasteiger partial charge is 0.361 e. The number of nitrogens with one attached hydrogen (secondary N) is 2. The van der Waals surface area contributed by atoms with Crippen molar-refractivity contribution in [3.8, 4) is 0 Å². The summed E-state index contributed by atoms with van der Waals surface area (Å²) in [6.45, 7) is 1.66. The molecule has 0 amide bonds. The summed E-state index contributed by atoms with van der Waals surface area (Å²) in [4.78, 5) is 10.0. The quantitative estimate of drug-likeness (QED) is 0.419. The molecule has 0 spiro atoms. The fourth-order valence-electron chi connectivity index (χ4n) is 5.30.